The summed E-state index contributed by atoms with van der Waals surface area (Å²) in [5.41, 5.74) is 4.54. The molecule has 3 aromatic rings. The molecule has 0 saturated carbocycles. The molecule has 0 unspecified atom stereocenters. The van der Waals surface area contributed by atoms with Gasteiger partial charge in [-0.05, 0) is 37.5 Å². The van der Waals surface area contributed by atoms with Crippen molar-refractivity contribution in [2.45, 2.75) is 39.0 Å². The minimum atomic E-state index is -0.00801. The molecule has 0 atom stereocenters. The summed E-state index contributed by atoms with van der Waals surface area (Å²) in [6.07, 6.45) is 0. The maximum atomic E-state index is 12.2. The van der Waals surface area contributed by atoms with E-state index < -0.39 is 0 Å². The van der Waals surface area contributed by atoms with Crippen LogP contribution in [0, 0.1) is 13.8 Å². The van der Waals surface area contributed by atoms with E-state index in [1.807, 2.05) is 43.3 Å². The standard InChI is InChI=1S/C21H24N4OS/c1-4-25-20(18-12-8-6-10-16(18)3)23-24-21(25)27-14-19(26)22-13-17-11-7-5-9-15(17)2/h5-12H,4,13-14H2,1-3H3,(H,22,26). The van der Waals surface area contributed by atoms with Crippen molar-refractivity contribution in [1.29, 1.82) is 0 Å². The smallest absolute Gasteiger partial charge is 0.230 e. The zero-order chi connectivity index (χ0) is 19.2. The summed E-state index contributed by atoms with van der Waals surface area (Å²) in [6, 6.07) is 16.2. The van der Waals surface area contributed by atoms with Gasteiger partial charge in [-0.3, -0.25) is 4.79 Å². The van der Waals surface area contributed by atoms with Gasteiger partial charge in [0, 0.05) is 18.7 Å². The number of nitrogens with zero attached hydrogens (tertiary/aromatic N) is 3. The molecular weight excluding hydrogens is 356 g/mol. The number of rotatable bonds is 7. The van der Waals surface area contributed by atoms with Crippen LogP contribution in [0.4, 0.5) is 0 Å². The molecule has 0 aliphatic carbocycles. The molecule has 1 amide bonds. The second-order valence-electron chi connectivity index (χ2n) is 6.36. The minimum Gasteiger partial charge on any atom is -0.351 e. The highest BCUT2D eigenvalue weighted by Gasteiger charge is 2.15. The molecule has 0 radical (unpaired) electrons. The van der Waals surface area contributed by atoms with Crippen molar-refractivity contribution in [3.8, 4) is 11.4 Å². The molecule has 1 aromatic heterocycles. The van der Waals surface area contributed by atoms with Gasteiger partial charge in [-0.2, -0.15) is 0 Å². The van der Waals surface area contributed by atoms with Gasteiger partial charge in [0.15, 0.2) is 11.0 Å². The lowest BCUT2D eigenvalue weighted by Gasteiger charge is -2.10. The number of carbonyl (C=O) groups is 1. The molecule has 0 aliphatic rings. The number of hydrogen-bond donors (Lipinski definition) is 1. The Kier molecular flexibility index (Phi) is 6.29. The van der Waals surface area contributed by atoms with E-state index in [1.54, 1.807) is 0 Å². The molecule has 3 rings (SSSR count). The molecule has 27 heavy (non-hydrogen) atoms. The molecule has 140 valence electrons. The molecular formula is C21H24N4OS. The van der Waals surface area contributed by atoms with Gasteiger partial charge in [-0.1, -0.05) is 60.3 Å². The van der Waals surface area contributed by atoms with Crippen LogP contribution in [0.3, 0.4) is 0 Å². The van der Waals surface area contributed by atoms with Crippen molar-refractivity contribution in [3.05, 3.63) is 65.2 Å². The minimum absolute atomic E-state index is 0.00801. The summed E-state index contributed by atoms with van der Waals surface area (Å²) in [6.45, 7) is 7.47. The molecule has 1 heterocycles. The summed E-state index contributed by atoms with van der Waals surface area (Å²) in [4.78, 5) is 12.2. The average Bonchev–Trinajstić information content (AvgIpc) is 3.08. The number of amides is 1. The Balaban J connectivity index is 1.64. The number of carbonyl (C=O) groups excluding carboxylic acids is 1. The molecule has 6 heteroatoms. The Labute approximate surface area is 164 Å². The average molecular weight is 381 g/mol. The molecule has 1 N–H and O–H groups in total. The molecule has 0 saturated heterocycles. The van der Waals surface area contributed by atoms with Gasteiger partial charge >= 0.3 is 0 Å². The maximum absolute atomic E-state index is 12.2. The predicted octanol–water partition coefficient (Wildman–Crippen LogP) is 3.99. The zero-order valence-electron chi connectivity index (χ0n) is 15.9. The van der Waals surface area contributed by atoms with Crippen molar-refractivity contribution in [2.24, 2.45) is 0 Å². The Bertz CT molecular complexity index is 935. The summed E-state index contributed by atoms with van der Waals surface area (Å²) in [5, 5.41) is 12.4. The third-order valence-electron chi connectivity index (χ3n) is 4.49. The maximum Gasteiger partial charge on any atom is 0.230 e. The highest BCUT2D eigenvalue weighted by atomic mass is 32.2. The van der Waals surface area contributed by atoms with Crippen molar-refractivity contribution in [2.75, 3.05) is 5.75 Å². The van der Waals surface area contributed by atoms with Crippen LogP contribution >= 0.6 is 11.8 Å². The number of benzene rings is 2. The van der Waals surface area contributed by atoms with E-state index in [0.29, 0.717) is 12.3 Å². The van der Waals surface area contributed by atoms with Gasteiger partial charge in [-0.15, -0.1) is 10.2 Å². The van der Waals surface area contributed by atoms with Crippen LogP contribution in [-0.4, -0.2) is 26.4 Å². The van der Waals surface area contributed by atoms with Crippen molar-refractivity contribution < 1.29 is 4.79 Å². The van der Waals surface area contributed by atoms with E-state index in [0.717, 1.165) is 34.2 Å². The van der Waals surface area contributed by atoms with Crippen LogP contribution < -0.4 is 5.32 Å². The number of hydrogen-bond acceptors (Lipinski definition) is 4. The van der Waals surface area contributed by atoms with E-state index in [4.69, 9.17) is 0 Å². The number of aryl methyl sites for hydroxylation is 2. The Morgan fingerprint density at radius 3 is 2.44 bits per heavy atom. The highest BCUT2D eigenvalue weighted by molar-refractivity contribution is 7.99. The first-order chi connectivity index (χ1) is 13.1. The normalized spacial score (nSPS) is 10.8. The van der Waals surface area contributed by atoms with Crippen molar-refractivity contribution >= 4 is 17.7 Å². The lowest BCUT2D eigenvalue weighted by Crippen LogP contribution is -2.25. The molecule has 0 fully saturated rings. The van der Waals surface area contributed by atoms with E-state index in [1.165, 1.54) is 17.3 Å². The molecule has 2 aromatic carbocycles. The molecule has 0 bridgehead atoms. The predicted molar refractivity (Wildman–Crippen MR) is 110 cm³/mol. The number of nitrogens with one attached hydrogen (secondary N) is 1. The third-order valence-corrected chi connectivity index (χ3v) is 5.46. The summed E-state index contributed by atoms with van der Waals surface area (Å²) < 4.78 is 2.06. The van der Waals surface area contributed by atoms with Crippen LogP contribution in [0.15, 0.2) is 53.7 Å². The number of aromatic nitrogens is 3. The Morgan fingerprint density at radius 1 is 1.04 bits per heavy atom. The summed E-state index contributed by atoms with van der Waals surface area (Å²) >= 11 is 1.42. The van der Waals surface area contributed by atoms with Crippen LogP contribution in [0.2, 0.25) is 0 Å². The summed E-state index contributed by atoms with van der Waals surface area (Å²) in [7, 11) is 0. The van der Waals surface area contributed by atoms with Gasteiger partial charge in [0.05, 0.1) is 5.75 Å². The lowest BCUT2D eigenvalue weighted by molar-refractivity contribution is -0.118. The van der Waals surface area contributed by atoms with Crippen molar-refractivity contribution in [1.82, 2.24) is 20.1 Å². The fraction of sp³-hybridized carbons (Fsp3) is 0.286. The second-order valence-corrected chi connectivity index (χ2v) is 7.30. The van der Waals surface area contributed by atoms with Crippen LogP contribution in [0.5, 0.6) is 0 Å². The van der Waals surface area contributed by atoms with E-state index in [-0.39, 0.29) is 5.91 Å². The first-order valence-electron chi connectivity index (χ1n) is 9.03. The zero-order valence-corrected chi connectivity index (χ0v) is 16.7. The quantitative estimate of drug-likeness (QED) is 0.630. The third kappa shape index (κ3) is 4.57. The highest BCUT2D eigenvalue weighted by Crippen LogP contribution is 2.26. The van der Waals surface area contributed by atoms with E-state index in [9.17, 15) is 4.79 Å². The van der Waals surface area contributed by atoms with E-state index >= 15 is 0 Å². The van der Waals surface area contributed by atoms with Crippen LogP contribution in [0.1, 0.15) is 23.6 Å². The first kappa shape index (κ1) is 19.2. The topological polar surface area (TPSA) is 59.8 Å². The molecule has 5 nitrogen and oxygen atoms in total. The molecule has 0 spiro atoms. The van der Waals surface area contributed by atoms with Crippen LogP contribution in [0.25, 0.3) is 11.4 Å². The fourth-order valence-corrected chi connectivity index (χ4v) is 3.72. The summed E-state index contributed by atoms with van der Waals surface area (Å²) in [5.74, 6) is 1.15. The fourth-order valence-electron chi connectivity index (χ4n) is 2.89. The van der Waals surface area contributed by atoms with Gasteiger partial charge in [0.1, 0.15) is 0 Å². The number of thioether (sulfide) groups is 1. The molecule has 0 aliphatic heterocycles. The Morgan fingerprint density at radius 2 is 1.74 bits per heavy atom. The van der Waals surface area contributed by atoms with Gasteiger partial charge in [-0.25, -0.2) is 0 Å². The van der Waals surface area contributed by atoms with Gasteiger partial charge < -0.3 is 9.88 Å². The van der Waals surface area contributed by atoms with Crippen molar-refractivity contribution in [3.63, 3.8) is 0 Å². The lowest BCUT2D eigenvalue weighted by atomic mass is 10.1. The first-order valence-corrected chi connectivity index (χ1v) is 10.0. The van der Waals surface area contributed by atoms with Gasteiger partial charge in [0.25, 0.3) is 0 Å². The second kappa shape index (κ2) is 8.86. The monoisotopic (exact) mass is 380 g/mol. The SMILES string of the molecule is CCn1c(SCC(=O)NCc2ccccc2C)nnc1-c1ccccc1C. The largest absolute Gasteiger partial charge is 0.351 e. The van der Waals surface area contributed by atoms with Crippen LogP contribution in [-0.2, 0) is 17.9 Å². The Hall–Kier alpha value is -2.60. The van der Waals surface area contributed by atoms with Gasteiger partial charge in [0.2, 0.25) is 5.91 Å². The van der Waals surface area contributed by atoms with E-state index in [2.05, 4.69) is 46.1 Å².